The zero-order valence-corrected chi connectivity index (χ0v) is 17.7. The van der Waals surface area contributed by atoms with Gasteiger partial charge in [-0.2, -0.15) is 5.10 Å². The van der Waals surface area contributed by atoms with Crippen molar-refractivity contribution in [2.75, 3.05) is 40.9 Å². The summed E-state index contributed by atoms with van der Waals surface area (Å²) in [5.74, 6) is 1.27. The van der Waals surface area contributed by atoms with Crippen molar-refractivity contribution in [2.45, 2.75) is 45.3 Å². The average Bonchev–Trinajstić information content (AvgIpc) is 3.02. The predicted octanol–water partition coefficient (Wildman–Crippen LogP) is 0.684. The van der Waals surface area contributed by atoms with Crippen LogP contribution in [0.25, 0.3) is 0 Å². The molecule has 1 aromatic rings. The van der Waals surface area contributed by atoms with Crippen molar-refractivity contribution < 1.29 is 14.3 Å². The van der Waals surface area contributed by atoms with Gasteiger partial charge in [0.15, 0.2) is 5.96 Å². The van der Waals surface area contributed by atoms with E-state index in [1.807, 2.05) is 7.05 Å². The molecule has 0 saturated carbocycles. The molecule has 0 bridgehead atoms. The van der Waals surface area contributed by atoms with Gasteiger partial charge >= 0.3 is 0 Å². The molecule has 0 spiro atoms. The maximum absolute atomic E-state index is 12.0. The second-order valence-corrected chi connectivity index (χ2v) is 7.09. The van der Waals surface area contributed by atoms with Gasteiger partial charge in [-0.1, -0.05) is 6.92 Å². The number of aliphatic imine (C=N–C) groups is 1. The number of aryl methyl sites for hydroxylation is 2. The Labute approximate surface area is 167 Å². The van der Waals surface area contributed by atoms with Crippen LogP contribution in [0.15, 0.2) is 4.99 Å². The van der Waals surface area contributed by atoms with Gasteiger partial charge in [0, 0.05) is 34.3 Å². The van der Waals surface area contributed by atoms with Crippen LogP contribution in [-0.4, -0.2) is 73.6 Å². The minimum Gasteiger partial charge on any atom is -0.481 e. The van der Waals surface area contributed by atoms with E-state index in [-0.39, 0.29) is 18.6 Å². The molecule has 1 unspecified atom stereocenters. The van der Waals surface area contributed by atoms with Gasteiger partial charge in [-0.25, -0.2) is 9.67 Å². The van der Waals surface area contributed by atoms with Crippen LogP contribution < -0.4 is 15.4 Å². The maximum Gasteiger partial charge on any atom is 0.241 e. The van der Waals surface area contributed by atoms with Crippen LogP contribution in [0.3, 0.4) is 0 Å². The Hall–Kier alpha value is -2.29. The van der Waals surface area contributed by atoms with Crippen LogP contribution in [0.5, 0.6) is 5.88 Å². The number of rotatable bonds is 8. The summed E-state index contributed by atoms with van der Waals surface area (Å²) in [5.41, 5.74) is 1.92. The van der Waals surface area contributed by atoms with E-state index in [0.717, 1.165) is 37.1 Å². The van der Waals surface area contributed by atoms with Crippen LogP contribution in [0.4, 0.5) is 0 Å². The molecule has 0 aliphatic carbocycles. The first-order chi connectivity index (χ1) is 13.5. The summed E-state index contributed by atoms with van der Waals surface area (Å²) >= 11 is 0. The Bertz CT molecular complexity index is 665. The molecule has 1 aliphatic rings. The van der Waals surface area contributed by atoms with Crippen molar-refractivity contribution in [1.29, 1.82) is 0 Å². The van der Waals surface area contributed by atoms with Crippen molar-refractivity contribution in [2.24, 2.45) is 12.0 Å². The third kappa shape index (κ3) is 6.12. The van der Waals surface area contributed by atoms with Crippen molar-refractivity contribution in [3.05, 3.63) is 11.3 Å². The molecule has 1 aliphatic heterocycles. The minimum absolute atomic E-state index is 0.0170. The molecule has 158 valence electrons. The lowest BCUT2D eigenvalue weighted by Gasteiger charge is -2.24. The van der Waals surface area contributed by atoms with Crippen LogP contribution in [0, 0.1) is 0 Å². The summed E-state index contributed by atoms with van der Waals surface area (Å²) in [5, 5.41) is 10.9. The number of likely N-dealkylation sites (N-methyl/N-ethyl adjacent to an activating group) is 1. The Kier molecular flexibility index (Phi) is 8.56. The molecule has 2 heterocycles. The molecular weight excluding hydrogens is 360 g/mol. The molecule has 1 aromatic heterocycles. The summed E-state index contributed by atoms with van der Waals surface area (Å²) in [6, 6.07) is 0. The molecule has 28 heavy (non-hydrogen) atoms. The highest BCUT2D eigenvalue weighted by Crippen LogP contribution is 2.22. The number of nitrogens with zero attached hydrogens (tertiary/aromatic N) is 4. The number of carbonyl (C=O) groups is 1. The summed E-state index contributed by atoms with van der Waals surface area (Å²) in [4.78, 5) is 18.2. The third-order valence-electron chi connectivity index (χ3n) is 4.77. The van der Waals surface area contributed by atoms with Crippen LogP contribution in [-0.2, 0) is 29.5 Å². The summed E-state index contributed by atoms with van der Waals surface area (Å²) in [6.07, 6.45) is 4.30. The smallest absolute Gasteiger partial charge is 0.241 e. The van der Waals surface area contributed by atoms with Crippen molar-refractivity contribution in [1.82, 2.24) is 25.3 Å². The van der Waals surface area contributed by atoms with Gasteiger partial charge < -0.3 is 25.0 Å². The van der Waals surface area contributed by atoms with Crippen molar-refractivity contribution >= 4 is 11.9 Å². The third-order valence-corrected chi connectivity index (χ3v) is 4.77. The lowest BCUT2D eigenvalue weighted by molar-refractivity contribution is -0.127. The van der Waals surface area contributed by atoms with Gasteiger partial charge in [0.25, 0.3) is 0 Å². The topological polar surface area (TPSA) is 93.0 Å². The molecule has 0 aromatic carbocycles. The maximum atomic E-state index is 12.0. The van der Waals surface area contributed by atoms with Gasteiger partial charge in [-0.05, 0) is 25.7 Å². The lowest BCUT2D eigenvalue weighted by atomic mass is 10.1. The van der Waals surface area contributed by atoms with Gasteiger partial charge in [-0.15, -0.1) is 0 Å². The van der Waals surface area contributed by atoms with Gasteiger partial charge in [0.2, 0.25) is 11.8 Å². The van der Waals surface area contributed by atoms with Crippen molar-refractivity contribution in [3.63, 3.8) is 0 Å². The normalized spacial score (nSPS) is 17.3. The zero-order chi connectivity index (χ0) is 20.5. The van der Waals surface area contributed by atoms with Crippen molar-refractivity contribution in [3.8, 4) is 5.88 Å². The molecule has 1 atom stereocenters. The number of amides is 1. The van der Waals surface area contributed by atoms with Gasteiger partial charge in [0.1, 0.15) is 0 Å². The number of methoxy groups -OCH3 is 1. The quantitative estimate of drug-likeness (QED) is 0.498. The van der Waals surface area contributed by atoms with Gasteiger partial charge in [0.05, 0.1) is 37.6 Å². The Morgan fingerprint density at radius 2 is 2.18 bits per heavy atom. The molecule has 1 saturated heterocycles. The number of carbonyl (C=O) groups excluding carboxylic acids is 1. The Balaban J connectivity index is 2.09. The van der Waals surface area contributed by atoms with E-state index < -0.39 is 0 Å². The fourth-order valence-electron chi connectivity index (χ4n) is 3.13. The highest BCUT2D eigenvalue weighted by atomic mass is 16.5. The van der Waals surface area contributed by atoms with E-state index in [2.05, 4.69) is 27.6 Å². The molecule has 2 rings (SSSR count). The first kappa shape index (κ1) is 22.0. The van der Waals surface area contributed by atoms with Gasteiger partial charge in [-0.3, -0.25) is 4.79 Å². The first-order valence-corrected chi connectivity index (χ1v) is 9.88. The van der Waals surface area contributed by atoms with Crippen LogP contribution in [0.1, 0.15) is 37.4 Å². The number of hydrogen-bond donors (Lipinski definition) is 2. The monoisotopic (exact) mass is 394 g/mol. The Morgan fingerprint density at radius 1 is 1.39 bits per heavy atom. The van der Waals surface area contributed by atoms with E-state index in [1.54, 1.807) is 30.8 Å². The number of nitrogens with one attached hydrogen (secondary N) is 2. The lowest BCUT2D eigenvalue weighted by Crippen LogP contribution is -2.45. The molecule has 1 amide bonds. The predicted molar refractivity (Wildman–Crippen MR) is 109 cm³/mol. The fourth-order valence-corrected chi connectivity index (χ4v) is 3.13. The summed E-state index contributed by atoms with van der Waals surface area (Å²) < 4.78 is 13.0. The summed E-state index contributed by atoms with van der Waals surface area (Å²) in [6.45, 7) is 4.11. The standard InChI is InChI=1S/C19H34N6O3/c1-6-16-15(18(27-5)25(4)23-16)12-21-19(22-13-17(26)24(2)3)20-11-14-9-7-8-10-28-14/h14H,6-13H2,1-5H3,(H2,20,21,22). The number of guanidine groups is 1. The molecular formula is C19H34N6O3. The zero-order valence-electron chi connectivity index (χ0n) is 17.7. The van der Waals surface area contributed by atoms with E-state index in [9.17, 15) is 4.79 Å². The highest BCUT2D eigenvalue weighted by molar-refractivity contribution is 5.86. The average molecular weight is 395 g/mol. The molecule has 0 radical (unpaired) electrons. The molecule has 9 nitrogen and oxygen atoms in total. The van der Waals surface area contributed by atoms with E-state index in [0.29, 0.717) is 24.9 Å². The second kappa shape index (κ2) is 10.9. The Morgan fingerprint density at radius 3 is 2.79 bits per heavy atom. The highest BCUT2D eigenvalue weighted by Gasteiger charge is 2.17. The van der Waals surface area contributed by atoms with E-state index in [4.69, 9.17) is 9.47 Å². The number of hydrogen-bond acceptors (Lipinski definition) is 5. The van der Waals surface area contributed by atoms with Crippen LogP contribution >= 0.6 is 0 Å². The summed E-state index contributed by atoms with van der Waals surface area (Å²) in [7, 11) is 6.96. The molecule has 2 N–H and O–H groups in total. The largest absolute Gasteiger partial charge is 0.481 e. The first-order valence-electron chi connectivity index (χ1n) is 9.88. The van der Waals surface area contributed by atoms with E-state index >= 15 is 0 Å². The number of ether oxygens (including phenoxy) is 2. The minimum atomic E-state index is -0.0170. The van der Waals surface area contributed by atoms with E-state index in [1.165, 1.54) is 6.42 Å². The van der Waals surface area contributed by atoms with Crippen LogP contribution in [0.2, 0.25) is 0 Å². The second-order valence-electron chi connectivity index (χ2n) is 7.09. The molecule has 9 heteroatoms. The SMILES string of the molecule is CCc1nn(C)c(OC)c1CN=C(NCC(=O)N(C)C)NCC1CCCCO1. The number of aromatic nitrogens is 2. The fraction of sp³-hybridized carbons (Fsp3) is 0.737. The molecule has 1 fully saturated rings.